The van der Waals surface area contributed by atoms with Crippen LogP contribution in [0, 0.1) is 0 Å². The fourth-order valence-electron chi connectivity index (χ4n) is 3.73. The Morgan fingerprint density at radius 2 is 1.36 bits per heavy atom. The maximum Gasteiger partial charge on any atom is 0.338 e. The fraction of sp³-hybridized carbons (Fsp3) is 0.143. The number of benzene rings is 3. The number of pyridine rings is 1. The number of esters is 2. The quantitative estimate of drug-likeness (QED) is 0.298. The van der Waals surface area contributed by atoms with Crippen molar-refractivity contribution in [2.75, 3.05) is 13.2 Å². The summed E-state index contributed by atoms with van der Waals surface area (Å²) >= 11 is 0. The van der Waals surface area contributed by atoms with Gasteiger partial charge in [0.2, 0.25) is 5.88 Å². The summed E-state index contributed by atoms with van der Waals surface area (Å²) in [7, 11) is 0. The molecule has 0 saturated heterocycles. The Labute approximate surface area is 207 Å². The third-order valence-electron chi connectivity index (χ3n) is 5.46. The van der Waals surface area contributed by atoms with Crippen LogP contribution in [0.3, 0.4) is 0 Å². The Bertz CT molecular complexity index is 1500. The second-order valence-electron chi connectivity index (χ2n) is 7.72. The summed E-state index contributed by atoms with van der Waals surface area (Å²) < 4.78 is 11.2. The maximum absolute atomic E-state index is 13.3. The first-order chi connectivity index (χ1) is 17.4. The van der Waals surface area contributed by atoms with Gasteiger partial charge in [0.05, 0.1) is 41.3 Å². The molecule has 0 bridgehead atoms. The zero-order valence-electron chi connectivity index (χ0n) is 19.8. The molecule has 3 aromatic carbocycles. The molecule has 0 saturated carbocycles. The lowest BCUT2D eigenvalue weighted by atomic mass is 10.1. The van der Waals surface area contributed by atoms with Crippen molar-refractivity contribution in [3.05, 3.63) is 99.8 Å². The molecule has 0 fully saturated rings. The predicted octanol–water partition coefficient (Wildman–Crippen LogP) is 4.80. The van der Waals surface area contributed by atoms with Gasteiger partial charge in [-0.25, -0.2) is 14.2 Å². The van der Waals surface area contributed by atoms with E-state index in [2.05, 4.69) is 4.99 Å². The van der Waals surface area contributed by atoms with Crippen molar-refractivity contribution in [3.63, 3.8) is 0 Å². The normalized spacial score (nSPS) is 11.1. The van der Waals surface area contributed by atoms with Gasteiger partial charge in [0, 0.05) is 17.0 Å². The topological polar surface area (TPSA) is 107 Å². The molecule has 0 atom stereocenters. The number of aliphatic imine (C=N–C) groups is 1. The molecule has 8 heteroatoms. The molecule has 0 amide bonds. The summed E-state index contributed by atoms with van der Waals surface area (Å²) in [5.41, 5.74) is 1.59. The number of nitrogens with zero attached hydrogens (tertiary/aromatic N) is 2. The standard InChI is InChI=1S/C28H24N2O6/c1-3-35-27(33)18-9-13-20(14-10-18)29-17-24-22-7-5-6-8-23(22)25(31)30(26(24)32)21-15-11-19(12-16-21)28(34)36-4-2/h5-17,32H,3-4H2,1-2H3. The van der Waals surface area contributed by atoms with E-state index >= 15 is 0 Å². The van der Waals surface area contributed by atoms with Crippen LogP contribution < -0.4 is 5.56 Å². The molecule has 182 valence electrons. The number of ether oxygens (including phenoxy) is 2. The Balaban J connectivity index is 1.77. The van der Waals surface area contributed by atoms with Crippen molar-refractivity contribution in [3.8, 4) is 11.6 Å². The van der Waals surface area contributed by atoms with Gasteiger partial charge in [-0.3, -0.25) is 9.79 Å². The van der Waals surface area contributed by atoms with E-state index in [-0.39, 0.29) is 19.1 Å². The van der Waals surface area contributed by atoms with Gasteiger partial charge < -0.3 is 14.6 Å². The van der Waals surface area contributed by atoms with E-state index in [4.69, 9.17) is 9.47 Å². The summed E-state index contributed by atoms with van der Waals surface area (Å²) in [6, 6.07) is 19.6. The number of rotatable bonds is 7. The van der Waals surface area contributed by atoms with Crippen LogP contribution in [-0.2, 0) is 9.47 Å². The van der Waals surface area contributed by atoms with Crippen molar-refractivity contribution in [1.82, 2.24) is 4.57 Å². The molecule has 4 aromatic rings. The highest BCUT2D eigenvalue weighted by Crippen LogP contribution is 2.27. The lowest BCUT2D eigenvalue weighted by molar-refractivity contribution is 0.0517. The van der Waals surface area contributed by atoms with E-state index < -0.39 is 17.5 Å². The first-order valence-electron chi connectivity index (χ1n) is 11.4. The smallest absolute Gasteiger partial charge is 0.338 e. The monoisotopic (exact) mass is 484 g/mol. The van der Waals surface area contributed by atoms with E-state index in [0.717, 1.165) is 0 Å². The van der Waals surface area contributed by atoms with Crippen molar-refractivity contribution in [2.24, 2.45) is 4.99 Å². The lowest BCUT2D eigenvalue weighted by Crippen LogP contribution is -2.20. The maximum atomic E-state index is 13.3. The van der Waals surface area contributed by atoms with Gasteiger partial charge in [0.15, 0.2) is 0 Å². The molecule has 1 aromatic heterocycles. The highest BCUT2D eigenvalue weighted by molar-refractivity contribution is 6.02. The second kappa shape index (κ2) is 10.7. The molecular formula is C28H24N2O6. The minimum absolute atomic E-state index is 0.250. The molecule has 8 nitrogen and oxygen atoms in total. The third-order valence-corrected chi connectivity index (χ3v) is 5.46. The van der Waals surface area contributed by atoms with Crippen molar-refractivity contribution in [2.45, 2.75) is 13.8 Å². The zero-order valence-corrected chi connectivity index (χ0v) is 19.8. The summed E-state index contributed by atoms with van der Waals surface area (Å²) in [4.78, 5) is 41.6. The fourth-order valence-corrected chi connectivity index (χ4v) is 3.73. The largest absolute Gasteiger partial charge is 0.494 e. The summed E-state index contributed by atoms with van der Waals surface area (Å²) in [6.07, 6.45) is 1.47. The molecule has 0 unspecified atom stereocenters. The van der Waals surface area contributed by atoms with Crippen LogP contribution in [0.2, 0.25) is 0 Å². The van der Waals surface area contributed by atoms with Crippen LogP contribution in [0.4, 0.5) is 5.69 Å². The predicted molar refractivity (Wildman–Crippen MR) is 137 cm³/mol. The van der Waals surface area contributed by atoms with E-state index in [0.29, 0.717) is 38.8 Å². The third kappa shape index (κ3) is 4.88. The Hall–Kier alpha value is -4.72. The summed E-state index contributed by atoms with van der Waals surface area (Å²) in [6.45, 7) is 3.99. The molecule has 4 rings (SSSR count). The van der Waals surface area contributed by atoms with Crippen LogP contribution in [0.25, 0.3) is 16.5 Å². The van der Waals surface area contributed by atoms with Crippen LogP contribution >= 0.6 is 0 Å². The van der Waals surface area contributed by atoms with Crippen molar-refractivity contribution >= 4 is 34.6 Å². The highest BCUT2D eigenvalue weighted by atomic mass is 16.5. The summed E-state index contributed by atoms with van der Waals surface area (Å²) in [5, 5.41) is 12.1. The van der Waals surface area contributed by atoms with Gasteiger partial charge in [-0.1, -0.05) is 18.2 Å². The van der Waals surface area contributed by atoms with Gasteiger partial charge in [0.1, 0.15) is 0 Å². The van der Waals surface area contributed by atoms with Gasteiger partial charge in [-0.15, -0.1) is 0 Å². The van der Waals surface area contributed by atoms with Crippen LogP contribution in [0.5, 0.6) is 5.88 Å². The number of fused-ring (bicyclic) bond motifs is 1. The Morgan fingerprint density at radius 1 is 0.833 bits per heavy atom. The molecule has 0 aliphatic rings. The Kier molecular flexibility index (Phi) is 7.25. The minimum Gasteiger partial charge on any atom is -0.494 e. The van der Waals surface area contributed by atoms with E-state index in [1.54, 1.807) is 74.5 Å². The number of hydrogen-bond acceptors (Lipinski definition) is 7. The van der Waals surface area contributed by atoms with Gasteiger partial charge in [-0.2, -0.15) is 0 Å². The summed E-state index contributed by atoms with van der Waals surface area (Å²) in [5.74, 6) is -1.19. The number of aromatic nitrogens is 1. The molecule has 0 aliphatic heterocycles. The molecule has 36 heavy (non-hydrogen) atoms. The molecule has 1 N–H and O–H groups in total. The van der Waals surface area contributed by atoms with Crippen LogP contribution in [0.1, 0.15) is 40.1 Å². The van der Waals surface area contributed by atoms with E-state index in [1.165, 1.54) is 22.9 Å². The van der Waals surface area contributed by atoms with Crippen molar-refractivity contribution < 1.29 is 24.2 Å². The van der Waals surface area contributed by atoms with Gasteiger partial charge >= 0.3 is 11.9 Å². The number of aromatic hydroxyl groups is 1. The van der Waals surface area contributed by atoms with Crippen LogP contribution in [-0.4, -0.2) is 41.0 Å². The average molecular weight is 485 g/mol. The lowest BCUT2D eigenvalue weighted by Gasteiger charge is -2.14. The first-order valence-corrected chi connectivity index (χ1v) is 11.4. The van der Waals surface area contributed by atoms with Gasteiger partial charge in [0.25, 0.3) is 5.56 Å². The van der Waals surface area contributed by atoms with Crippen molar-refractivity contribution in [1.29, 1.82) is 0 Å². The number of hydrogen-bond donors (Lipinski definition) is 1. The molecular weight excluding hydrogens is 460 g/mol. The number of carbonyl (C=O) groups excluding carboxylic acids is 2. The first kappa shape index (κ1) is 24.4. The molecule has 0 aliphatic carbocycles. The molecule has 0 spiro atoms. The minimum atomic E-state index is -0.471. The van der Waals surface area contributed by atoms with E-state index in [9.17, 15) is 19.5 Å². The zero-order chi connectivity index (χ0) is 25.7. The van der Waals surface area contributed by atoms with Crippen LogP contribution in [0.15, 0.2) is 82.6 Å². The van der Waals surface area contributed by atoms with Gasteiger partial charge in [-0.05, 0) is 68.4 Å². The van der Waals surface area contributed by atoms with E-state index in [1.807, 2.05) is 0 Å². The Morgan fingerprint density at radius 3 is 1.92 bits per heavy atom. The molecule has 0 radical (unpaired) electrons. The second-order valence-corrected chi connectivity index (χ2v) is 7.72. The number of carbonyl (C=O) groups is 2. The highest BCUT2D eigenvalue weighted by Gasteiger charge is 2.17. The molecule has 1 heterocycles. The SMILES string of the molecule is CCOC(=O)c1ccc(N=Cc2c(O)n(-c3ccc(C(=O)OCC)cc3)c(=O)c3ccccc23)cc1. The average Bonchev–Trinajstić information content (AvgIpc) is 2.90.